The van der Waals surface area contributed by atoms with Gasteiger partial charge in [-0.05, 0) is 25.5 Å². The Morgan fingerprint density at radius 3 is 2.54 bits per heavy atom. The van der Waals surface area contributed by atoms with E-state index in [1.807, 2.05) is 6.92 Å². The van der Waals surface area contributed by atoms with Crippen LogP contribution in [0.1, 0.15) is 30.1 Å². The first-order valence-corrected chi connectivity index (χ1v) is 11.8. The number of methoxy groups -OCH3 is 1. The molecule has 1 aromatic carbocycles. The molecule has 8 rings (SSSR count). The Bertz CT molecular complexity index is 1000. The Balaban J connectivity index is 1.33. The summed E-state index contributed by atoms with van der Waals surface area (Å²) in [5.74, 6) is -1.67. The second-order valence-corrected chi connectivity index (χ2v) is 10.4. The van der Waals surface area contributed by atoms with Gasteiger partial charge in [0.2, 0.25) is 0 Å². The number of hydrogen-bond acceptors (Lipinski definition) is 11. The van der Waals surface area contributed by atoms with Crippen molar-refractivity contribution in [3.8, 4) is 0 Å². The Labute approximate surface area is 201 Å². The number of benzene rings is 1. The van der Waals surface area contributed by atoms with Crippen molar-refractivity contribution < 1.29 is 53.6 Å². The van der Waals surface area contributed by atoms with E-state index in [1.54, 1.807) is 37.4 Å². The van der Waals surface area contributed by atoms with Crippen LogP contribution in [0, 0.1) is 11.3 Å². The predicted molar refractivity (Wildman–Crippen MR) is 114 cm³/mol. The molecule has 0 aromatic heterocycles. The SMILES string of the molecule is CO[C@]12C[C@]3(C)O[C@H](O1)[C@]1(COC(=O)c4ccccc4)[C@H]2C[C@@]13O[C@@H]1O[C@H](CO)[C@@H](O)[C@H](O)[C@H]1O. The summed E-state index contributed by atoms with van der Waals surface area (Å²) in [7, 11) is 1.57. The average molecular weight is 494 g/mol. The third-order valence-electron chi connectivity index (χ3n) is 8.89. The smallest absolute Gasteiger partial charge is 0.338 e. The monoisotopic (exact) mass is 494 g/mol. The van der Waals surface area contributed by atoms with Crippen LogP contribution in [0.15, 0.2) is 30.3 Å². The lowest BCUT2D eigenvalue weighted by Crippen LogP contribution is -2.81. The molecular weight excluding hydrogens is 464 g/mol. The summed E-state index contributed by atoms with van der Waals surface area (Å²) in [5.41, 5.74) is -2.62. The molecule has 11 atom stereocenters. The summed E-state index contributed by atoms with van der Waals surface area (Å²) in [6.45, 7) is 1.19. The van der Waals surface area contributed by atoms with Crippen molar-refractivity contribution in [2.75, 3.05) is 20.3 Å². The zero-order valence-corrected chi connectivity index (χ0v) is 19.4. The quantitative estimate of drug-likeness (QED) is 0.356. The highest BCUT2D eigenvalue weighted by Crippen LogP contribution is 2.82. The summed E-state index contributed by atoms with van der Waals surface area (Å²) in [4.78, 5) is 12.8. The third-order valence-corrected chi connectivity index (χ3v) is 8.89. The van der Waals surface area contributed by atoms with Gasteiger partial charge in [0, 0.05) is 19.4 Å². The Morgan fingerprint density at radius 2 is 1.86 bits per heavy atom. The summed E-state index contributed by atoms with van der Waals surface area (Å²) in [6.07, 6.45) is -7.22. The molecule has 4 N–H and O–H groups in total. The van der Waals surface area contributed by atoms with Gasteiger partial charge in [0.05, 0.1) is 17.6 Å². The molecule has 11 heteroatoms. The zero-order valence-electron chi connectivity index (χ0n) is 19.4. The molecule has 0 unspecified atom stereocenters. The molecule has 4 saturated heterocycles. The molecule has 35 heavy (non-hydrogen) atoms. The summed E-state index contributed by atoms with van der Waals surface area (Å²) < 4.78 is 36.3. The first kappa shape index (κ1) is 23.7. The number of ether oxygens (including phenoxy) is 6. The summed E-state index contributed by atoms with van der Waals surface area (Å²) >= 11 is 0. The van der Waals surface area contributed by atoms with Gasteiger partial charge in [-0.25, -0.2) is 4.79 Å². The van der Waals surface area contributed by atoms with Gasteiger partial charge in [0.25, 0.3) is 0 Å². The first-order chi connectivity index (χ1) is 16.7. The average Bonchev–Trinajstić information content (AvgIpc) is 3.07. The van der Waals surface area contributed by atoms with Crippen LogP contribution in [-0.2, 0) is 28.4 Å². The van der Waals surface area contributed by atoms with Crippen LogP contribution >= 0.6 is 0 Å². The van der Waals surface area contributed by atoms with Crippen molar-refractivity contribution in [1.82, 2.24) is 0 Å². The maximum Gasteiger partial charge on any atom is 0.338 e. The molecule has 6 bridgehead atoms. The number of aliphatic hydroxyl groups excluding tert-OH is 4. The van der Waals surface area contributed by atoms with E-state index in [4.69, 9.17) is 28.4 Å². The molecule has 1 aromatic rings. The van der Waals surface area contributed by atoms with Crippen molar-refractivity contribution in [1.29, 1.82) is 0 Å². The van der Waals surface area contributed by atoms with Crippen LogP contribution in [-0.4, -0.2) is 101 Å². The van der Waals surface area contributed by atoms with Gasteiger partial charge < -0.3 is 48.8 Å². The summed E-state index contributed by atoms with van der Waals surface area (Å²) in [6, 6.07) is 8.60. The molecule has 192 valence electrons. The lowest BCUT2D eigenvalue weighted by Gasteiger charge is -2.68. The standard InChI is InChI=1S/C24H30O11/c1-21-10-23(30-2)14-8-24(21,33-19-17(28)16(27)15(26)13(9-25)32-19)22(14,20(34-21)35-23)11-31-18(29)12-6-4-3-5-7-12/h3-7,13-17,19-20,25-28H,8-11H2,1-2H3/t13-,14-,15-,16+,17-,19+,20-,21+,22+,23-,24+/m1/s1. The van der Waals surface area contributed by atoms with Gasteiger partial charge in [0.1, 0.15) is 42.2 Å². The van der Waals surface area contributed by atoms with Gasteiger partial charge in [-0.1, -0.05) is 18.2 Å². The minimum absolute atomic E-state index is 0.0891. The highest BCUT2D eigenvalue weighted by molar-refractivity contribution is 5.89. The lowest BCUT2D eigenvalue weighted by atomic mass is 9.41. The van der Waals surface area contributed by atoms with Crippen LogP contribution in [0.4, 0.5) is 0 Å². The van der Waals surface area contributed by atoms with E-state index in [-0.39, 0.29) is 12.5 Å². The molecule has 11 nitrogen and oxygen atoms in total. The highest BCUT2D eigenvalue weighted by atomic mass is 16.8. The van der Waals surface area contributed by atoms with Crippen molar-refractivity contribution in [2.24, 2.45) is 11.3 Å². The van der Waals surface area contributed by atoms with Gasteiger partial charge in [-0.15, -0.1) is 0 Å². The van der Waals surface area contributed by atoms with Crippen molar-refractivity contribution in [3.05, 3.63) is 35.9 Å². The molecule has 0 spiro atoms. The van der Waals surface area contributed by atoms with Gasteiger partial charge in [-0.3, -0.25) is 0 Å². The number of aliphatic hydroxyl groups is 4. The maximum atomic E-state index is 12.8. The second-order valence-electron chi connectivity index (χ2n) is 10.4. The zero-order chi connectivity index (χ0) is 24.8. The topological polar surface area (TPSA) is 153 Å². The molecule has 3 saturated carbocycles. The van der Waals surface area contributed by atoms with E-state index in [2.05, 4.69) is 0 Å². The molecule has 7 fully saturated rings. The fraction of sp³-hybridized carbons (Fsp3) is 0.708. The number of carbonyl (C=O) groups is 1. The maximum absolute atomic E-state index is 12.8. The molecule has 0 radical (unpaired) electrons. The van der Waals surface area contributed by atoms with Crippen LogP contribution in [0.5, 0.6) is 0 Å². The van der Waals surface area contributed by atoms with Crippen molar-refractivity contribution in [2.45, 2.75) is 73.8 Å². The number of carbonyl (C=O) groups excluding carboxylic acids is 1. The molecule has 4 aliphatic heterocycles. The normalized spacial score (nSPS) is 51.3. The van der Waals surface area contributed by atoms with E-state index < -0.39 is 72.0 Å². The van der Waals surface area contributed by atoms with Crippen LogP contribution in [0.25, 0.3) is 0 Å². The Morgan fingerprint density at radius 1 is 1.11 bits per heavy atom. The van der Waals surface area contributed by atoms with Gasteiger partial charge in [-0.2, -0.15) is 0 Å². The lowest BCUT2D eigenvalue weighted by molar-refractivity contribution is -0.427. The van der Waals surface area contributed by atoms with E-state index in [9.17, 15) is 25.2 Å². The third kappa shape index (κ3) is 2.79. The van der Waals surface area contributed by atoms with E-state index in [1.165, 1.54) is 0 Å². The summed E-state index contributed by atoms with van der Waals surface area (Å²) in [5, 5.41) is 40.7. The fourth-order valence-corrected chi connectivity index (χ4v) is 7.11. The predicted octanol–water partition coefficient (Wildman–Crippen LogP) is -0.703. The van der Waals surface area contributed by atoms with Crippen LogP contribution < -0.4 is 0 Å². The van der Waals surface area contributed by atoms with E-state index in [0.717, 1.165) is 0 Å². The Hall–Kier alpha value is -1.67. The van der Waals surface area contributed by atoms with Crippen LogP contribution in [0.2, 0.25) is 0 Å². The van der Waals surface area contributed by atoms with Crippen molar-refractivity contribution in [3.63, 3.8) is 0 Å². The molecule has 0 amide bonds. The van der Waals surface area contributed by atoms with Crippen LogP contribution in [0.3, 0.4) is 0 Å². The van der Waals surface area contributed by atoms with Crippen molar-refractivity contribution >= 4 is 5.97 Å². The highest BCUT2D eigenvalue weighted by Gasteiger charge is 2.95. The molecule has 7 aliphatic rings. The second kappa shape index (κ2) is 7.67. The first-order valence-electron chi connectivity index (χ1n) is 11.8. The molecule has 4 heterocycles. The molecule has 3 aliphatic carbocycles. The largest absolute Gasteiger partial charge is 0.461 e. The minimum Gasteiger partial charge on any atom is -0.461 e. The fourth-order valence-electron chi connectivity index (χ4n) is 7.11. The molecular formula is C24H30O11. The number of esters is 1. The van der Waals surface area contributed by atoms with E-state index in [0.29, 0.717) is 18.4 Å². The minimum atomic E-state index is -1.59. The van der Waals surface area contributed by atoms with Gasteiger partial charge >= 0.3 is 5.97 Å². The Kier molecular flexibility index (Phi) is 5.20. The number of rotatable bonds is 7. The van der Waals surface area contributed by atoms with Gasteiger partial charge in [0.15, 0.2) is 18.4 Å². The number of hydrogen-bond donors (Lipinski definition) is 4. The van der Waals surface area contributed by atoms with E-state index >= 15 is 0 Å².